The van der Waals surface area contributed by atoms with E-state index in [0.29, 0.717) is 6.07 Å². The Morgan fingerprint density at radius 1 is 1.22 bits per heavy atom. The van der Waals surface area contributed by atoms with Crippen LogP contribution in [0.2, 0.25) is 0 Å². The highest BCUT2D eigenvalue weighted by molar-refractivity contribution is 7.74. The van der Waals surface area contributed by atoms with Gasteiger partial charge >= 0.3 is 29.8 Å². The normalized spacial score (nSPS) is 29.3. The molecule has 0 N–H and O–H groups in total. The Morgan fingerprint density at radius 3 is 2.52 bits per heavy atom. The molecule has 2 rings (SSSR count). The lowest BCUT2D eigenvalue weighted by Crippen LogP contribution is -2.04. The standard InChI is InChI=1S/C9H9F6N3O2P3/c1-2-19-22(14)16-21(13)17-23(15,18-22)20-8-5-3-4-7(6-8)9(10,11)12/h3-6H,2H2,1H3/q+1. The van der Waals surface area contributed by atoms with Crippen molar-refractivity contribution in [1.82, 2.24) is 0 Å². The van der Waals surface area contributed by atoms with E-state index in [1.165, 1.54) is 6.92 Å². The molecule has 0 saturated heterocycles. The SMILES string of the molecule is CCOP1(F)=N[P+](F)=NP(F)(Oc2cccc(C(F)(F)F)c2)=N1. The number of nitrogens with zero attached hydrogens (tertiary/aromatic N) is 3. The molecule has 14 heteroatoms. The molecule has 3 atom stereocenters. The van der Waals surface area contributed by atoms with Crippen molar-refractivity contribution >= 4 is 23.7 Å². The average Bonchev–Trinajstić information content (AvgIpc) is 2.35. The van der Waals surface area contributed by atoms with Crippen molar-refractivity contribution in [2.45, 2.75) is 13.1 Å². The van der Waals surface area contributed by atoms with Crippen LogP contribution in [-0.4, -0.2) is 6.61 Å². The van der Waals surface area contributed by atoms with Gasteiger partial charge < -0.3 is 9.05 Å². The van der Waals surface area contributed by atoms with E-state index in [9.17, 15) is 25.8 Å². The Hall–Kier alpha value is -0.880. The summed E-state index contributed by atoms with van der Waals surface area (Å²) in [4.78, 5) is 0. The third-order valence-electron chi connectivity index (χ3n) is 2.27. The Bertz CT molecular complexity index is 750. The summed E-state index contributed by atoms with van der Waals surface area (Å²) in [5, 5.41) is 0. The topological polar surface area (TPSA) is 55.5 Å². The van der Waals surface area contributed by atoms with Crippen LogP contribution in [0.4, 0.5) is 25.8 Å². The predicted molar refractivity (Wildman–Crippen MR) is 75.1 cm³/mol. The summed E-state index contributed by atoms with van der Waals surface area (Å²) < 4.78 is 97.6. The van der Waals surface area contributed by atoms with Crippen molar-refractivity contribution < 1.29 is 34.8 Å². The first-order valence-electron chi connectivity index (χ1n) is 5.91. The zero-order valence-electron chi connectivity index (χ0n) is 11.3. The minimum atomic E-state index is -4.87. The molecule has 0 aliphatic carbocycles. The molecule has 1 aliphatic heterocycles. The second-order valence-electron chi connectivity index (χ2n) is 3.99. The van der Waals surface area contributed by atoms with Crippen molar-refractivity contribution in [3.8, 4) is 5.75 Å². The van der Waals surface area contributed by atoms with E-state index in [1.54, 1.807) is 0 Å². The van der Waals surface area contributed by atoms with E-state index >= 15 is 0 Å². The molecule has 128 valence electrons. The third kappa shape index (κ3) is 4.80. The van der Waals surface area contributed by atoms with Gasteiger partial charge in [0.1, 0.15) is 5.75 Å². The van der Waals surface area contributed by atoms with Gasteiger partial charge in [-0.1, -0.05) is 6.07 Å². The molecule has 0 bridgehead atoms. The van der Waals surface area contributed by atoms with Gasteiger partial charge in [-0.2, -0.15) is 17.4 Å². The van der Waals surface area contributed by atoms with Crippen molar-refractivity contribution in [3.05, 3.63) is 29.8 Å². The monoisotopic (exact) mass is 398 g/mol. The van der Waals surface area contributed by atoms with E-state index in [4.69, 9.17) is 0 Å². The molecule has 0 fully saturated rings. The summed E-state index contributed by atoms with van der Waals surface area (Å²) in [5.74, 6) is -0.600. The maximum absolute atomic E-state index is 14.5. The largest absolute Gasteiger partial charge is 0.598 e. The molecule has 0 radical (unpaired) electrons. The fourth-order valence-electron chi connectivity index (χ4n) is 1.49. The van der Waals surface area contributed by atoms with Gasteiger partial charge in [-0.25, -0.2) is 0 Å². The minimum absolute atomic E-state index is 0.246. The zero-order chi connectivity index (χ0) is 17.3. The molecule has 3 unspecified atom stereocenters. The van der Waals surface area contributed by atoms with E-state index in [1.807, 2.05) is 0 Å². The van der Waals surface area contributed by atoms with Gasteiger partial charge in [-0.3, -0.25) is 0 Å². The molecule has 23 heavy (non-hydrogen) atoms. The van der Waals surface area contributed by atoms with Crippen LogP contribution in [0.15, 0.2) is 37.8 Å². The van der Waals surface area contributed by atoms with Gasteiger partial charge in [0.05, 0.1) is 25.4 Å². The summed E-state index contributed by atoms with van der Waals surface area (Å²) in [6.07, 6.45) is -4.69. The molecule has 1 aromatic rings. The smallest absolute Gasteiger partial charge is 0.417 e. The van der Waals surface area contributed by atoms with E-state index in [-0.39, 0.29) is 6.61 Å². The van der Waals surface area contributed by atoms with Crippen LogP contribution >= 0.6 is 23.7 Å². The Labute approximate surface area is 128 Å². The first-order valence-corrected chi connectivity index (χ1v) is 10.1. The lowest BCUT2D eigenvalue weighted by molar-refractivity contribution is -0.137. The van der Waals surface area contributed by atoms with Crippen LogP contribution < -0.4 is 4.52 Å². The van der Waals surface area contributed by atoms with Gasteiger partial charge in [-0.15, -0.1) is 8.71 Å². The molecule has 1 aliphatic rings. The first kappa shape index (κ1) is 18.5. The van der Waals surface area contributed by atoms with Crippen molar-refractivity contribution in [1.29, 1.82) is 0 Å². The zero-order valence-corrected chi connectivity index (χ0v) is 14.0. The average molecular weight is 398 g/mol. The maximum Gasteiger partial charge on any atom is 0.598 e. The van der Waals surface area contributed by atoms with Crippen LogP contribution in [0.3, 0.4) is 0 Å². The van der Waals surface area contributed by atoms with Gasteiger partial charge in [0.2, 0.25) is 0 Å². The molecule has 1 heterocycles. The second kappa shape index (κ2) is 6.55. The molecule has 1 aromatic carbocycles. The molecule has 0 aromatic heterocycles. The highest BCUT2D eigenvalue weighted by atomic mass is 31.3. The summed E-state index contributed by atoms with van der Waals surface area (Å²) in [6, 6.07) is 3.16. The van der Waals surface area contributed by atoms with Crippen LogP contribution in [0, 0.1) is 0 Å². The number of hydrogen-bond donors (Lipinski definition) is 0. The van der Waals surface area contributed by atoms with Crippen LogP contribution in [0.25, 0.3) is 0 Å². The maximum atomic E-state index is 14.5. The Balaban J connectivity index is 2.40. The highest BCUT2D eigenvalue weighted by Crippen LogP contribution is 2.75. The van der Waals surface area contributed by atoms with E-state index in [2.05, 4.69) is 22.6 Å². The number of hydrogen-bond acceptors (Lipinski definition) is 5. The van der Waals surface area contributed by atoms with E-state index < -0.39 is 41.1 Å². The van der Waals surface area contributed by atoms with E-state index in [0.717, 1.165) is 18.2 Å². The lowest BCUT2D eigenvalue weighted by Gasteiger charge is -2.15. The highest BCUT2D eigenvalue weighted by Gasteiger charge is 2.43. The predicted octanol–water partition coefficient (Wildman–Crippen LogP) is 7.43. The second-order valence-corrected chi connectivity index (χ2v) is 8.95. The van der Waals surface area contributed by atoms with Crippen molar-refractivity contribution in [2.24, 2.45) is 13.5 Å². The first-order chi connectivity index (χ1) is 10.6. The molecule has 5 nitrogen and oxygen atoms in total. The number of halogens is 6. The Kier molecular flexibility index (Phi) is 5.26. The fourth-order valence-corrected chi connectivity index (χ4v) is 6.84. The van der Waals surface area contributed by atoms with Gasteiger partial charge in [0.15, 0.2) is 0 Å². The minimum Gasteiger partial charge on any atom is -0.417 e. The van der Waals surface area contributed by atoms with Crippen molar-refractivity contribution in [2.75, 3.05) is 6.61 Å². The lowest BCUT2D eigenvalue weighted by atomic mass is 10.2. The van der Waals surface area contributed by atoms with Gasteiger partial charge in [0, 0.05) is 0 Å². The van der Waals surface area contributed by atoms with Crippen molar-refractivity contribution in [3.63, 3.8) is 0 Å². The Morgan fingerprint density at radius 2 is 1.91 bits per heavy atom. The van der Waals surface area contributed by atoms with Crippen LogP contribution in [0.5, 0.6) is 5.75 Å². The van der Waals surface area contributed by atoms with Gasteiger partial charge in [0.25, 0.3) is 0 Å². The quantitative estimate of drug-likeness (QED) is 0.391. The molecular weight excluding hydrogens is 389 g/mol. The molecule has 0 spiro atoms. The van der Waals surface area contributed by atoms with Crippen LogP contribution in [-0.2, 0) is 10.7 Å². The fraction of sp³-hybridized carbons (Fsp3) is 0.333. The summed E-state index contributed by atoms with van der Waals surface area (Å²) in [5.41, 5.74) is -1.11. The summed E-state index contributed by atoms with van der Waals surface area (Å²) >= 11 is 0. The molecule has 0 saturated carbocycles. The van der Waals surface area contributed by atoms with Gasteiger partial charge in [-0.05, 0) is 25.1 Å². The third-order valence-corrected chi connectivity index (χ3v) is 8.01. The molecular formula is C9H9F6N3O2P3+. The summed E-state index contributed by atoms with van der Waals surface area (Å²) in [6.45, 7) is 1.12. The van der Waals surface area contributed by atoms with Crippen LogP contribution in [0.1, 0.15) is 12.5 Å². The summed E-state index contributed by atoms with van der Waals surface area (Å²) in [7, 11) is -12.7. The number of alkyl halides is 3. The molecule has 0 amide bonds. The number of benzene rings is 1. The number of rotatable bonds is 4.